The highest BCUT2D eigenvalue weighted by Gasteiger charge is 2.43. The molecule has 2 aliphatic rings. The van der Waals surface area contributed by atoms with Gasteiger partial charge in [0, 0.05) is 12.1 Å². The summed E-state index contributed by atoms with van der Waals surface area (Å²) in [6.45, 7) is 3.21. The van der Waals surface area contributed by atoms with E-state index in [-0.39, 0.29) is 0 Å². The van der Waals surface area contributed by atoms with E-state index in [0.29, 0.717) is 5.54 Å². The Bertz CT molecular complexity index is 275. The maximum Gasteiger partial charge on any atom is 0.0331 e. The number of rotatable bonds is 7. The van der Waals surface area contributed by atoms with E-state index >= 15 is 0 Å². The molecule has 0 aliphatic heterocycles. The smallest absolute Gasteiger partial charge is 0.0331 e. The molecular weight excluding hydrogens is 234 g/mol. The van der Waals surface area contributed by atoms with E-state index in [9.17, 15) is 0 Å². The molecule has 2 rings (SSSR count). The van der Waals surface area contributed by atoms with Crippen molar-refractivity contribution in [1.29, 1.82) is 0 Å². The number of hydrogen-bond donors (Lipinski definition) is 1. The van der Waals surface area contributed by atoms with Crippen LogP contribution in [0.4, 0.5) is 0 Å². The predicted octanol–water partition coefficient (Wildman–Crippen LogP) is 2.17. The van der Waals surface area contributed by atoms with Gasteiger partial charge in [0.05, 0.1) is 0 Å². The van der Waals surface area contributed by atoms with Gasteiger partial charge in [-0.3, -0.25) is 4.90 Å². The molecule has 0 spiro atoms. The fourth-order valence-corrected chi connectivity index (χ4v) is 3.90. The summed E-state index contributed by atoms with van der Waals surface area (Å²) in [5, 5.41) is 0. The highest BCUT2D eigenvalue weighted by molar-refractivity contribution is 4.98. The lowest BCUT2D eigenvalue weighted by atomic mass is 9.73. The van der Waals surface area contributed by atoms with Crippen molar-refractivity contribution < 1.29 is 0 Å². The number of hydrogen-bond acceptors (Lipinski definition) is 3. The van der Waals surface area contributed by atoms with E-state index in [1.54, 1.807) is 0 Å². The molecular formula is C16H33N3. The molecule has 0 heterocycles. The normalized spacial score (nSPS) is 32.2. The van der Waals surface area contributed by atoms with E-state index in [2.05, 4.69) is 30.9 Å². The lowest BCUT2D eigenvalue weighted by Crippen LogP contribution is -2.55. The highest BCUT2D eigenvalue weighted by Crippen LogP contribution is 2.47. The van der Waals surface area contributed by atoms with Crippen LogP contribution < -0.4 is 5.73 Å². The van der Waals surface area contributed by atoms with Gasteiger partial charge >= 0.3 is 0 Å². The first kappa shape index (κ1) is 15.3. The van der Waals surface area contributed by atoms with Gasteiger partial charge in [0.1, 0.15) is 0 Å². The van der Waals surface area contributed by atoms with Crippen molar-refractivity contribution in [3.8, 4) is 0 Å². The third kappa shape index (κ3) is 3.93. The molecule has 2 aliphatic carbocycles. The van der Waals surface area contributed by atoms with E-state index < -0.39 is 0 Å². The van der Waals surface area contributed by atoms with E-state index in [0.717, 1.165) is 18.4 Å². The van der Waals surface area contributed by atoms with E-state index in [1.807, 2.05) is 0 Å². The van der Waals surface area contributed by atoms with Crippen LogP contribution >= 0.6 is 0 Å². The van der Waals surface area contributed by atoms with Gasteiger partial charge in [0.25, 0.3) is 0 Å². The van der Waals surface area contributed by atoms with Gasteiger partial charge < -0.3 is 10.6 Å². The second-order valence-corrected chi connectivity index (χ2v) is 7.20. The summed E-state index contributed by atoms with van der Waals surface area (Å²) in [4.78, 5) is 4.86. The summed E-state index contributed by atoms with van der Waals surface area (Å²) in [5.74, 6) is 2.01. The second kappa shape index (κ2) is 6.55. The Morgan fingerprint density at radius 2 is 1.79 bits per heavy atom. The minimum absolute atomic E-state index is 0.303. The fraction of sp³-hybridized carbons (Fsp3) is 1.00. The van der Waals surface area contributed by atoms with E-state index in [1.165, 1.54) is 58.0 Å². The van der Waals surface area contributed by atoms with Gasteiger partial charge in [0.2, 0.25) is 0 Å². The SMILES string of the molecule is CN(C)CCCN(C)C1(CN)CCCC(C2CC2)C1. The summed E-state index contributed by atoms with van der Waals surface area (Å²) in [6, 6.07) is 0. The highest BCUT2D eigenvalue weighted by atomic mass is 15.2. The largest absolute Gasteiger partial charge is 0.329 e. The Hall–Kier alpha value is -0.120. The van der Waals surface area contributed by atoms with Gasteiger partial charge in [-0.2, -0.15) is 0 Å². The average Bonchev–Trinajstić information content (AvgIpc) is 3.22. The van der Waals surface area contributed by atoms with Crippen LogP contribution in [0.25, 0.3) is 0 Å². The molecule has 0 aromatic heterocycles. The molecule has 2 atom stereocenters. The van der Waals surface area contributed by atoms with Crippen LogP contribution in [0.2, 0.25) is 0 Å². The quantitative estimate of drug-likeness (QED) is 0.767. The lowest BCUT2D eigenvalue weighted by Gasteiger charge is -2.47. The summed E-state index contributed by atoms with van der Waals surface area (Å²) in [5.41, 5.74) is 6.50. The van der Waals surface area contributed by atoms with Crippen LogP contribution in [0.15, 0.2) is 0 Å². The first-order valence-electron chi connectivity index (χ1n) is 8.13. The number of nitrogens with zero attached hydrogens (tertiary/aromatic N) is 2. The van der Waals surface area contributed by atoms with Crippen molar-refractivity contribution in [2.45, 2.75) is 50.5 Å². The van der Waals surface area contributed by atoms with Crippen LogP contribution in [0.3, 0.4) is 0 Å². The number of likely N-dealkylation sites (N-methyl/N-ethyl adjacent to an activating group) is 1. The summed E-state index contributed by atoms with van der Waals surface area (Å²) in [7, 11) is 6.61. The minimum Gasteiger partial charge on any atom is -0.329 e. The standard InChI is InChI=1S/C16H33N3/c1-18(2)10-5-11-19(3)16(13-17)9-4-6-15(12-16)14-7-8-14/h14-15H,4-13,17H2,1-3H3. The van der Waals surface area contributed by atoms with Crippen molar-refractivity contribution in [1.82, 2.24) is 9.80 Å². The van der Waals surface area contributed by atoms with Gasteiger partial charge in [-0.05, 0) is 78.2 Å². The van der Waals surface area contributed by atoms with Crippen molar-refractivity contribution >= 4 is 0 Å². The molecule has 0 aromatic rings. The molecule has 2 saturated carbocycles. The first-order chi connectivity index (χ1) is 9.07. The van der Waals surface area contributed by atoms with Crippen LogP contribution in [0.5, 0.6) is 0 Å². The molecule has 3 nitrogen and oxygen atoms in total. The Labute approximate surface area is 119 Å². The van der Waals surface area contributed by atoms with Crippen LogP contribution in [-0.2, 0) is 0 Å². The van der Waals surface area contributed by atoms with Gasteiger partial charge in [-0.1, -0.05) is 12.8 Å². The molecule has 0 aromatic carbocycles. The zero-order valence-corrected chi connectivity index (χ0v) is 13.2. The molecule has 3 heteroatoms. The van der Waals surface area contributed by atoms with Crippen molar-refractivity contribution in [2.24, 2.45) is 17.6 Å². The monoisotopic (exact) mass is 267 g/mol. The summed E-state index contributed by atoms with van der Waals surface area (Å²) >= 11 is 0. The molecule has 0 amide bonds. The zero-order chi connectivity index (χ0) is 13.9. The summed E-state index contributed by atoms with van der Waals surface area (Å²) < 4.78 is 0. The van der Waals surface area contributed by atoms with Crippen LogP contribution in [0.1, 0.15) is 44.9 Å². The molecule has 0 radical (unpaired) electrons. The third-order valence-corrected chi connectivity index (χ3v) is 5.44. The zero-order valence-electron chi connectivity index (χ0n) is 13.2. The Balaban J connectivity index is 1.88. The average molecular weight is 267 g/mol. The maximum atomic E-state index is 6.20. The Morgan fingerprint density at radius 1 is 1.05 bits per heavy atom. The first-order valence-corrected chi connectivity index (χ1v) is 8.13. The molecule has 2 unspecified atom stereocenters. The fourth-order valence-electron chi connectivity index (χ4n) is 3.90. The third-order valence-electron chi connectivity index (χ3n) is 5.44. The maximum absolute atomic E-state index is 6.20. The molecule has 2 N–H and O–H groups in total. The van der Waals surface area contributed by atoms with Gasteiger partial charge in [-0.15, -0.1) is 0 Å². The minimum atomic E-state index is 0.303. The van der Waals surface area contributed by atoms with Crippen molar-refractivity contribution in [3.05, 3.63) is 0 Å². The second-order valence-electron chi connectivity index (χ2n) is 7.20. The molecule has 2 fully saturated rings. The van der Waals surface area contributed by atoms with Crippen LogP contribution in [-0.4, -0.2) is 56.1 Å². The lowest BCUT2D eigenvalue weighted by molar-refractivity contribution is 0.0496. The van der Waals surface area contributed by atoms with Gasteiger partial charge in [-0.25, -0.2) is 0 Å². The Kier molecular flexibility index (Phi) is 5.27. The van der Waals surface area contributed by atoms with Gasteiger partial charge in [0.15, 0.2) is 0 Å². The molecule has 19 heavy (non-hydrogen) atoms. The Morgan fingerprint density at radius 3 is 2.37 bits per heavy atom. The van der Waals surface area contributed by atoms with Crippen molar-refractivity contribution in [2.75, 3.05) is 40.8 Å². The topological polar surface area (TPSA) is 32.5 Å². The number of nitrogens with two attached hydrogens (primary N) is 1. The van der Waals surface area contributed by atoms with Crippen LogP contribution in [0, 0.1) is 11.8 Å². The van der Waals surface area contributed by atoms with E-state index in [4.69, 9.17) is 5.73 Å². The molecule has 0 bridgehead atoms. The van der Waals surface area contributed by atoms with Crippen molar-refractivity contribution in [3.63, 3.8) is 0 Å². The summed E-state index contributed by atoms with van der Waals surface area (Å²) in [6.07, 6.45) is 9.72. The molecule has 0 saturated heterocycles. The molecule has 112 valence electrons. The predicted molar refractivity (Wildman–Crippen MR) is 82.3 cm³/mol.